The Morgan fingerprint density at radius 2 is 1.97 bits per heavy atom. The Morgan fingerprint density at radius 3 is 2.66 bits per heavy atom. The molecule has 1 atom stereocenters. The van der Waals surface area contributed by atoms with Crippen molar-refractivity contribution in [2.24, 2.45) is 21.5 Å². The van der Waals surface area contributed by atoms with Crippen molar-refractivity contribution in [3.05, 3.63) is 47.4 Å². The summed E-state index contributed by atoms with van der Waals surface area (Å²) in [6.45, 7) is 2.63. The number of guanidine groups is 1. The Kier molecular flexibility index (Phi) is 4.15. The second-order valence-corrected chi connectivity index (χ2v) is 7.47. The fourth-order valence-corrected chi connectivity index (χ4v) is 3.23. The van der Waals surface area contributed by atoms with Crippen LogP contribution in [0, 0.1) is 6.92 Å². The molecule has 1 unspecified atom stereocenters. The monoisotopic (exact) mass is 401 g/mol. The van der Waals surface area contributed by atoms with E-state index >= 15 is 0 Å². The Hall–Kier alpha value is -3.34. The van der Waals surface area contributed by atoms with Crippen LogP contribution in [0.25, 0.3) is 10.9 Å². The predicted molar refractivity (Wildman–Crippen MR) is 106 cm³/mol. The van der Waals surface area contributed by atoms with E-state index in [4.69, 9.17) is 11.5 Å². The molecule has 0 fully saturated rings. The molecule has 0 radical (unpaired) electrons. The maximum absolute atomic E-state index is 13.0. The minimum absolute atomic E-state index is 0.0721. The van der Waals surface area contributed by atoms with Crippen LogP contribution in [-0.2, 0) is 5.41 Å². The van der Waals surface area contributed by atoms with Crippen LogP contribution in [0.2, 0.25) is 0 Å². The lowest BCUT2D eigenvalue weighted by molar-refractivity contribution is 0.0552. The number of hydrogen-bond donors (Lipinski definition) is 4. The largest absolute Gasteiger partial charge is 0.370 e. The highest BCUT2D eigenvalue weighted by Crippen LogP contribution is 2.36. The van der Waals surface area contributed by atoms with Crippen LogP contribution in [0.4, 0.5) is 8.78 Å². The van der Waals surface area contributed by atoms with Gasteiger partial charge in [-0.05, 0) is 45.0 Å². The predicted octanol–water partition coefficient (Wildman–Crippen LogP) is 1.72. The molecule has 0 bridgehead atoms. The van der Waals surface area contributed by atoms with Gasteiger partial charge in [0.2, 0.25) is 5.79 Å². The van der Waals surface area contributed by atoms with Crippen LogP contribution in [0.15, 0.2) is 40.4 Å². The molecule has 0 amide bonds. The van der Waals surface area contributed by atoms with Crippen LogP contribution < -0.4 is 16.8 Å². The summed E-state index contributed by atoms with van der Waals surface area (Å²) in [5.41, 5.74) is 14.3. The van der Waals surface area contributed by atoms with Crippen LogP contribution in [0.1, 0.15) is 37.3 Å². The minimum atomic E-state index is -2.75. The van der Waals surface area contributed by atoms with E-state index < -0.39 is 17.8 Å². The number of benzene rings is 1. The normalized spacial score (nSPS) is 20.0. The third-order valence-corrected chi connectivity index (χ3v) is 5.21. The van der Waals surface area contributed by atoms with Gasteiger partial charge in [-0.25, -0.2) is 14.7 Å². The number of rotatable bonds is 4. The molecule has 0 saturated heterocycles. The van der Waals surface area contributed by atoms with Gasteiger partial charge in [-0.3, -0.25) is 10.8 Å². The maximum Gasteiger partial charge on any atom is 0.333 e. The number of aromatic amines is 1. The molecule has 0 aliphatic carbocycles. The molecular weight excluding hydrogens is 380 g/mol. The van der Waals surface area contributed by atoms with Crippen LogP contribution >= 0.6 is 0 Å². The first-order valence-electron chi connectivity index (χ1n) is 8.91. The average Bonchev–Trinajstić information content (AvgIpc) is 3.29. The summed E-state index contributed by atoms with van der Waals surface area (Å²) in [5.74, 6) is -1.06. The van der Waals surface area contributed by atoms with E-state index in [1.165, 1.54) is 12.3 Å². The fraction of sp³-hybridized carbons (Fsp3) is 0.333. The van der Waals surface area contributed by atoms with Crippen molar-refractivity contribution in [2.45, 2.75) is 38.5 Å². The third-order valence-electron chi connectivity index (χ3n) is 5.21. The summed E-state index contributed by atoms with van der Waals surface area (Å²) < 4.78 is 26.5. The number of nitrogens with one attached hydrogen (secondary N) is 2. The Labute approximate surface area is 164 Å². The summed E-state index contributed by atoms with van der Waals surface area (Å²) in [4.78, 5) is 8.89. The molecular formula is C18H21F2N9. The van der Waals surface area contributed by atoms with Gasteiger partial charge in [-0.15, -0.1) is 0 Å². The van der Waals surface area contributed by atoms with Gasteiger partial charge in [-0.2, -0.15) is 19.0 Å². The topological polar surface area (TPSA) is 135 Å². The number of nitrogens with two attached hydrogens (primary N) is 2. The van der Waals surface area contributed by atoms with E-state index in [0.717, 1.165) is 22.2 Å². The quantitative estimate of drug-likeness (QED) is 0.528. The lowest BCUT2D eigenvalue weighted by atomic mass is 9.81. The van der Waals surface area contributed by atoms with Crippen molar-refractivity contribution >= 4 is 22.7 Å². The zero-order valence-corrected chi connectivity index (χ0v) is 16.1. The molecule has 3 heterocycles. The Balaban J connectivity index is 1.79. The molecule has 1 aromatic carbocycles. The van der Waals surface area contributed by atoms with Gasteiger partial charge < -0.3 is 11.1 Å². The molecule has 6 N–H and O–H groups in total. The van der Waals surface area contributed by atoms with Crippen molar-refractivity contribution in [2.75, 3.05) is 0 Å². The highest BCUT2D eigenvalue weighted by Gasteiger charge is 2.47. The van der Waals surface area contributed by atoms with Gasteiger partial charge in [-0.1, -0.05) is 0 Å². The molecule has 2 aromatic heterocycles. The molecule has 9 nitrogen and oxygen atoms in total. The standard InChI is InChI=1S/C18H21F2N9/c1-9-11-8-10(4-5-12(11)27-26-9)14-23-16(21)25-18(22,24-14)17(2,3)13-6-7-29(28-13)15(19)20/h4-8,15H,22H2,1-3H3,(H,26,27)(H3,21,23,24,25). The van der Waals surface area contributed by atoms with E-state index in [0.29, 0.717) is 16.2 Å². The molecule has 0 saturated carbocycles. The number of aryl methyl sites for hydroxylation is 1. The van der Waals surface area contributed by atoms with Gasteiger partial charge in [0.25, 0.3) is 0 Å². The van der Waals surface area contributed by atoms with E-state index in [9.17, 15) is 8.78 Å². The van der Waals surface area contributed by atoms with Gasteiger partial charge in [0, 0.05) is 22.8 Å². The van der Waals surface area contributed by atoms with Crippen molar-refractivity contribution < 1.29 is 8.78 Å². The molecule has 4 rings (SSSR count). The number of aromatic nitrogens is 4. The lowest BCUT2D eigenvalue weighted by Gasteiger charge is -2.39. The molecule has 1 aliphatic heterocycles. The molecule has 29 heavy (non-hydrogen) atoms. The minimum Gasteiger partial charge on any atom is -0.370 e. The van der Waals surface area contributed by atoms with E-state index in [-0.39, 0.29) is 5.96 Å². The lowest BCUT2D eigenvalue weighted by Crippen LogP contribution is -2.59. The summed E-state index contributed by atoms with van der Waals surface area (Å²) in [7, 11) is 0. The van der Waals surface area contributed by atoms with Crippen molar-refractivity contribution in [1.82, 2.24) is 25.3 Å². The van der Waals surface area contributed by atoms with Gasteiger partial charge in [0.15, 0.2) is 5.96 Å². The molecule has 3 aromatic rings. The van der Waals surface area contributed by atoms with Crippen LogP contribution in [-0.4, -0.2) is 37.6 Å². The molecule has 11 heteroatoms. The first kappa shape index (κ1) is 19.0. The van der Waals surface area contributed by atoms with Crippen molar-refractivity contribution in [1.29, 1.82) is 0 Å². The van der Waals surface area contributed by atoms with Crippen LogP contribution in [0.5, 0.6) is 0 Å². The second kappa shape index (κ2) is 6.34. The molecule has 0 spiro atoms. The number of H-pyrrole nitrogens is 1. The van der Waals surface area contributed by atoms with Crippen molar-refractivity contribution in [3.8, 4) is 0 Å². The SMILES string of the molecule is Cc1[nH]nc2ccc(C3=NC(N)(C(C)(C)c4ccn(C(F)F)n4)N=C(N)N3)cc12. The Morgan fingerprint density at radius 1 is 1.21 bits per heavy atom. The van der Waals surface area contributed by atoms with Gasteiger partial charge in [0.05, 0.1) is 16.6 Å². The maximum atomic E-state index is 13.0. The first-order chi connectivity index (χ1) is 13.6. The molecule has 1 aliphatic rings. The van der Waals surface area contributed by atoms with Crippen molar-refractivity contribution in [3.63, 3.8) is 0 Å². The number of alkyl halides is 2. The van der Waals surface area contributed by atoms with Gasteiger partial charge in [0.1, 0.15) is 5.84 Å². The van der Waals surface area contributed by atoms with E-state index in [2.05, 4.69) is 30.6 Å². The third kappa shape index (κ3) is 3.03. The number of halogens is 2. The summed E-state index contributed by atoms with van der Waals surface area (Å²) in [5, 5.41) is 15.0. The fourth-order valence-electron chi connectivity index (χ4n) is 3.23. The zero-order valence-electron chi connectivity index (χ0n) is 16.1. The highest BCUT2D eigenvalue weighted by atomic mass is 19.3. The Bertz CT molecular complexity index is 1140. The van der Waals surface area contributed by atoms with Gasteiger partial charge >= 0.3 is 6.55 Å². The summed E-state index contributed by atoms with van der Waals surface area (Å²) in [6, 6.07) is 7.09. The van der Waals surface area contributed by atoms with Crippen LogP contribution in [0.3, 0.4) is 0 Å². The number of hydrogen-bond acceptors (Lipinski definition) is 7. The van der Waals surface area contributed by atoms with E-state index in [1.807, 2.05) is 25.1 Å². The first-order valence-corrected chi connectivity index (χ1v) is 8.91. The summed E-state index contributed by atoms with van der Waals surface area (Å²) in [6.07, 6.45) is 1.19. The average molecular weight is 401 g/mol. The highest BCUT2D eigenvalue weighted by molar-refractivity contribution is 6.11. The number of fused-ring (bicyclic) bond motifs is 1. The summed E-state index contributed by atoms with van der Waals surface area (Å²) >= 11 is 0. The smallest absolute Gasteiger partial charge is 0.333 e. The van der Waals surface area contributed by atoms with E-state index in [1.54, 1.807) is 13.8 Å². The zero-order chi connectivity index (χ0) is 21.0. The second-order valence-electron chi connectivity index (χ2n) is 7.47. The number of amidine groups is 1. The number of nitrogens with zero attached hydrogens (tertiary/aromatic N) is 5. The molecule has 152 valence electrons. The number of aliphatic imine (C=N–C) groups is 2.